The maximum absolute atomic E-state index is 14.8. The summed E-state index contributed by atoms with van der Waals surface area (Å²) in [5, 5.41) is 12.2. The second-order valence-electron chi connectivity index (χ2n) is 12.6. The Hall–Kier alpha value is -5.48. The van der Waals surface area contributed by atoms with Crippen molar-refractivity contribution >= 4 is 18.1 Å². The van der Waals surface area contributed by atoms with E-state index in [0.717, 1.165) is 27.2 Å². The molecular weight excluding hydrogens is 636 g/mol. The van der Waals surface area contributed by atoms with Crippen LogP contribution in [0, 0.1) is 13.8 Å². The van der Waals surface area contributed by atoms with Crippen LogP contribution < -0.4 is 18.9 Å². The number of aliphatic hydroxyl groups is 1. The number of amides is 2. The number of carbonyl (C=O) groups excluding carboxylic acids is 2. The van der Waals surface area contributed by atoms with Crippen LogP contribution in [0.2, 0.25) is 0 Å². The van der Waals surface area contributed by atoms with Gasteiger partial charge in [0.15, 0.2) is 17.7 Å². The minimum absolute atomic E-state index is 0.0525. The summed E-state index contributed by atoms with van der Waals surface area (Å²) in [6, 6.07) is 25.6. The van der Waals surface area contributed by atoms with Gasteiger partial charge in [0.2, 0.25) is 6.79 Å². The van der Waals surface area contributed by atoms with Crippen molar-refractivity contribution in [2.75, 3.05) is 13.9 Å². The van der Waals surface area contributed by atoms with E-state index in [1.165, 1.54) is 0 Å². The standard InChI is InChI=1S/C40H42N2O8/c1-25(2)50-40(45)42-33(19-30-16-17-34(46-5)26(3)18-30)38(43)41(22-28-12-8-6-9-13-28)32(39(42)44)20-31-21-35-37(49-24-48-35)27(4)36(31)47-23-29-14-10-7-11-15-29/h6-18,20-21,25,33,39,44H,19,22-24H2,1-5H3/b32-20-. The topological polar surface area (TPSA) is 107 Å². The first-order chi connectivity index (χ1) is 24.1. The summed E-state index contributed by atoms with van der Waals surface area (Å²) in [5.41, 5.74) is 4.92. The number of aryl methyl sites for hydroxylation is 1. The van der Waals surface area contributed by atoms with Gasteiger partial charge in [0.1, 0.15) is 24.1 Å². The number of piperazine rings is 1. The van der Waals surface area contributed by atoms with E-state index in [9.17, 15) is 14.7 Å². The zero-order valence-corrected chi connectivity index (χ0v) is 28.9. The molecule has 4 aromatic rings. The van der Waals surface area contributed by atoms with Crippen LogP contribution in [0.3, 0.4) is 0 Å². The lowest BCUT2D eigenvalue weighted by molar-refractivity contribution is -0.148. The fourth-order valence-corrected chi connectivity index (χ4v) is 6.34. The normalized spacial score (nSPS) is 17.7. The Bertz CT molecular complexity index is 1880. The van der Waals surface area contributed by atoms with Gasteiger partial charge in [0.05, 0.1) is 25.5 Å². The number of aliphatic hydroxyl groups excluding tert-OH is 1. The molecule has 2 atom stereocenters. The highest BCUT2D eigenvalue weighted by atomic mass is 16.7. The lowest BCUT2D eigenvalue weighted by Gasteiger charge is -2.45. The summed E-state index contributed by atoms with van der Waals surface area (Å²) in [4.78, 5) is 31.2. The van der Waals surface area contributed by atoms with Gasteiger partial charge in [-0.15, -0.1) is 0 Å². The smallest absolute Gasteiger partial charge is 0.413 e. The van der Waals surface area contributed by atoms with Crippen molar-refractivity contribution in [2.45, 2.75) is 65.6 Å². The van der Waals surface area contributed by atoms with E-state index >= 15 is 0 Å². The molecule has 0 saturated carbocycles. The molecule has 2 amide bonds. The predicted molar refractivity (Wildman–Crippen MR) is 188 cm³/mol. The number of carbonyl (C=O) groups is 2. The van der Waals surface area contributed by atoms with Crippen LogP contribution >= 0.6 is 0 Å². The van der Waals surface area contributed by atoms with Crippen molar-refractivity contribution < 1.29 is 38.4 Å². The third kappa shape index (κ3) is 7.25. The van der Waals surface area contributed by atoms with E-state index in [0.29, 0.717) is 34.1 Å². The van der Waals surface area contributed by atoms with Crippen molar-refractivity contribution in [1.29, 1.82) is 0 Å². The fraction of sp³-hybridized carbons (Fsp3) is 0.300. The molecule has 2 aliphatic heterocycles. The second kappa shape index (κ2) is 15.0. The number of nitrogens with zero attached hydrogens (tertiary/aromatic N) is 2. The van der Waals surface area contributed by atoms with E-state index < -0.39 is 24.5 Å². The van der Waals surface area contributed by atoms with Gasteiger partial charge in [-0.05, 0) is 68.2 Å². The number of fused-ring (bicyclic) bond motifs is 1. The maximum Gasteiger partial charge on any atom is 0.413 e. The number of hydrogen-bond donors (Lipinski definition) is 1. The van der Waals surface area contributed by atoms with Gasteiger partial charge in [0, 0.05) is 17.5 Å². The van der Waals surface area contributed by atoms with Gasteiger partial charge in [-0.1, -0.05) is 72.8 Å². The molecule has 0 aromatic heterocycles. The van der Waals surface area contributed by atoms with Crippen LogP contribution in [0.1, 0.15) is 47.2 Å². The molecule has 2 aliphatic rings. The number of methoxy groups -OCH3 is 1. The third-order valence-corrected chi connectivity index (χ3v) is 8.75. The first-order valence-corrected chi connectivity index (χ1v) is 16.6. The Balaban J connectivity index is 1.47. The summed E-state index contributed by atoms with van der Waals surface area (Å²) in [6.45, 7) is 7.71. The number of rotatable bonds is 10. The minimum atomic E-state index is -1.56. The Morgan fingerprint density at radius 2 is 1.66 bits per heavy atom. The minimum Gasteiger partial charge on any atom is -0.496 e. The van der Waals surface area contributed by atoms with Crippen molar-refractivity contribution in [3.8, 4) is 23.0 Å². The van der Waals surface area contributed by atoms with Crippen LogP contribution in [0.25, 0.3) is 6.08 Å². The quantitative estimate of drug-likeness (QED) is 0.196. The SMILES string of the molecule is COc1ccc(CC2C(=O)N(Cc3ccccc3)/C(=C\c3cc4c(c(C)c3OCc3ccccc3)OCO4)C(O)N2C(=O)OC(C)C)cc1C. The second-order valence-corrected chi connectivity index (χ2v) is 12.6. The molecular formula is C40H42N2O8. The van der Waals surface area contributed by atoms with Crippen molar-refractivity contribution in [3.05, 3.63) is 124 Å². The van der Waals surface area contributed by atoms with Crippen molar-refractivity contribution in [1.82, 2.24) is 9.80 Å². The highest BCUT2D eigenvalue weighted by Crippen LogP contribution is 2.44. The Morgan fingerprint density at radius 1 is 0.960 bits per heavy atom. The molecule has 0 bridgehead atoms. The fourth-order valence-electron chi connectivity index (χ4n) is 6.34. The van der Waals surface area contributed by atoms with Crippen molar-refractivity contribution in [2.24, 2.45) is 0 Å². The molecule has 0 aliphatic carbocycles. The van der Waals surface area contributed by atoms with Crippen LogP contribution in [0.5, 0.6) is 23.0 Å². The number of hydrogen-bond acceptors (Lipinski definition) is 8. The van der Waals surface area contributed by atoms with E-state index in [2.05, 4.69) is 0 Å². The molecule has 1 fully saturated rings. The summed E-state index contributed by atoms with van der Waals surface area (Å²) < 4.78 is 29.0. The van der Waals surface area contributed by atoms with E-state index in [1.807, 2.05) is 92.7 Å². The predicted octanol–water partition coefficient (Wildman–Crippen LogP) is 6.78. The summed E-state index contributed by atoms with van der Waals surface area (Å²) in [5.74, 6) is 1.91. The molecule has 1 N–H and O–H groups in total. The molecule has 0 spiro atoms. The average molecular weight is 679 g/mol. The van der Waals surface area contributed by atoms with Gasteiger partial charge in [-0.2, -0.15) is 0 Å². The van der Waals surface area contributed by atoms with E-state index in [1.54, 1.807) is 38.0 Å². The summed E-state index contributed by atoms with van der Waals surface area (Å²) in [7, 11) is 1.60. The largest absolute Gasteiger partial charge is 0.496 e. The highest BCUT2D eigenvalue weighted by molar-refractivity contribution is 5.91. The molecule has 6 rings (SSSR count). The molecule has 0 radical (unpaired) electrons. The lowest BCUT2D eigenvalue weighted by atomic mass is 9.96. The van der Waals surface area contributed by atoms with Gasteiger partial charge >= 0.3 is 6.09 Å². The average Bonchev–Trinajstić information content (AvgIpc) is 3.58. The molecule has 2 heterocycles. The van der Waals surface area contributed by atoms with Crippen molar-refractivity contribution in [3.63, 3.8) is 0 Å². The van der Waals surface area contributed by atoms with E-state index in [-0.39, 0.29) is 38.0 Å². The molecule has 10 nitrogen and oxygen atoms in total. The van der Waals surface area contributed by atoms with Crippen LogP contribution in [0.15, 0.2) is 90.6 Å². The Kier molecular flexibility index (Phi) is 10.3. The van der Waals surface area contributed by atoms with Crippen LogP contribution in [0.4, 0.5) is 4.79 Å². The molecule has 1 saturated heterocycles. The maximum atomic E-state index is 14.8. The summed E-state index contributed by atoms with van der Waals surface area (Å²) >= 11 is 0. The zero-order valence-electron chi connectivity index (χ0n) is 28.9. The van der Waals surface area contributed by atoms with Gasteiger partial charge in [-0.25, -0.2) is 4.79 Å². The van der Waals surface area contributed by atoms with Crippen LogP contribution in [-0.2, 0) is 29.1 Å². The number of ether oxygens (including phenoxy) is 5. The van der Waals surface area contributed by atoms with E-state index in [4.69, 9.17) is 23.7 Å². The summed E-state index contributed by atoms with van der Waals surface area (Å²) in [6.07, 6.45) is -1.02. The molecule has 260 valence electrons. The van der Waals surface area contributed by atoms with Gasteiger partial charge in [0.25, 0.3) is 5.91 Å². The monoisotopic (exact) mass is 678 g/mol. The molecule has 10 heteroatoms. The Labute approximate surface area is 292 Å². The number of benzene rings is 4. The zero-order chi connectivity index (χ0) is 35.4. The molecule has 50 heavy (non-hydrogen) atoms. The first-order valence-electron chi connectivity index (χ1n) is 16.6. The van der Waals surface area contributed by atoms with Gasteiger partial charge in [-0.3, -0.25) is 9.69 Å². The van der Waals surface area contributed by atoms with Gasteiger partial charge < -0.3 is 33.7 Å². The molecule has 4 aromatic carbocycles. The Morgan fingerprint density at radius 3 is 2.32 bits per heavy atom. The first kappa shape index (κ1) is 34.4. The van der Waals surface area contributed by atoms with Crippen LogP contribution in [-0.4, -0.2) is 59.2 Å². The lowest BCUT2D eigenvalue weighted by Crippen LogP contribution is -2.62. The third-order valence-electron chi connectivity index (χ3n) is 8.75. The molecule has 2 unspecified atom stereocenters. The highest BCUT2D eigenvalue weighted by Gasteiger charge is 2.47.